The van der Waals surface area contributed by atoms with Crippen molar-refractivity contribution < 1.29 is 23.2 Å². The highest BCUT2D eigenvalue weighted by atomic mass is 19.3. The number of hydrogen-bond acceptors (Lipinski definition) is 5. The molecule has 2 aliphatic rings. The second kappa shape index (κ2) is 6.72. The van der Waals surface area contributed by atoms with E-state index in [1.165, 1.54) is 10.7 Å². The van der Waals surface area contributed by atoms with Crippen LogP contribution >= 0.6 is 0 Å². The largest absolute Gasteiger partial charge is 0.481 e. The van der Waals surface area contributed by atoms with Gasteiger partial charge in [-0.15, -0.1) is 0 Å². The van der Waals surface area contributed by atoms with Crippen molar-refractivity contribution in [2.45, 2.75) is 50.5 Å². The first kappa shape index (κ1) is 18.9. The zero-order chi connectivity index (χ0) is 21.0. The van der Waals surface area contributed by atoms with Crippen LogP contribution in [-0.4, -0.2) is 31.0 Å². The molecule has 7 nitrogen and oxygen atoms in total. The summed E-state index contributed by atoms with van der Waals surface area (Å²) in [6, 6.07) is 9.01. The fraction of sp³-hybridized carbons (Fsp3) is 0.429. The van der Waals surface area contributed by atoms with Gasteiger partial charge >= 0.3 is 5.97 Å². The third-order valence-corrected chi connectivity index (χ3v) is 6.27. The highest BCUT2D eigenvalue weighted by molar-refractivity contribution is 5.71. The van der Waals surface area contributed by atoms with Gasteiger partial charge in [-0.3, -0.25) is 9.48 Å². The minimum atomic E-state index is -2.75. The molecule has 9 heteroatoms. The van der Waals surface area contributed by atoms with E-state index in [1.807, 2.05) is 25.1 Å². The Morgan fingerprint density at radius 2 is 2.03 bits per heavy atom. The number of hydrogen-bond donors (Lipinski definition) is 1. The van der Waals surface area contributed by atoms with E-state index in [2.05, 4.69) is 21.3 Å². The summed E-state index contributed by atoms with van der Waals surface area (Å²) in [7, 11) is 0. The predicted molar refractivity (Wildman–Crippen MR) is 101 cm³/mol. The summed E-state index contributed by atoms with van der Waals surface area (Å²) in [5.41, 5.74) is 1.89. The van der Waals surface area contributed by atoms with Crippen molar-refractivity contribution in [1.82, 2.24) is 19.9 Å². The van der Waals surface area contributed by atoms with E-state index in [1.54, 1.807) is 0 Å². The van der Waals surface area contributed by atoms with Gasteiger partial charge < -0.3 is 9.63 Å². The van der Waals surface area contributed by atoms with Crippen LogP contribution in [0.15, 0.2) is 34.9 Å². The topological polar surface area (TPSA) is 94.0 Å². The number of carboxylic acid groups (broad SMARTS) is 1. The van der Waals surface area contributed by atoms with Crippen molar-refractivity contribution in [3.63, 3.8) is 0 Å². The molecule has 0 unspecified atom stereocenters. The van der Waals surface area contributed by atoms with Crippen LogP contribution in [0.4, 0.5) is 8.78 Å². The number of benzene rings is 1. The van der Waals surface area contributed by atoms with Gasteiger partial charge in [0.15, 0.2) is 5.82 Å². The summed E-state index contributed by atoms with van der Waals surface area (Å²) in [6.07, 6.45) is -0.297. The molecule has 1 aromatic carbocycles. The van der Waals surface area contributed by atoms with Crippen LogP contribution in [0.3, 0.4) is 0 Å². The van der Waals surface area contributed by atoms with Crippen LogP contribution in [0, 0.1) is 12.8 Å². The molecule has 5 rings (SSSR count). The number of aryl methyl sites for hydroxylation is 1. The first-order valence-electron chi connectivity index (χ1n) is 9.90. The maximum atomic E-state index is 13.3. The first-order chi connectivity index (χ1) is 14.4. The maximum Gasteiger partial charge on any atom is 0.306 e. The standard InChI is InChI=1S/C21H20F2N4O3/c1-11-4-2-3-5-14(11)21(6-7-21)20-24-18(30-26-20)16-10-15(17(22)23)25-27(16)13-8-12(9-13)19(28)29/h2-5,10,12-13,17H,6-9H2,1H3,(H,28,29). The molecule has 0 amide bonds. The van der Waals surface area contributed by atoms with Gasteiger partial charge in [-0.1, -0.05) is 29.4 Å². The number of nitrogens with zero attached hydrogens (tertiary/aromatic N) is 4. The quantitative estimate of drug-likeness (QED) is 0.647. The highest BCUT2D eigenvalue weighted by Crippen LogP contribution is 2.53. The smallest absolute Gasteiger partial charge is 0.306 e. The van der Waals surface area contributed by atoms with Gasteiger partial charge in [-0.25, -0.2) is 8.78 Å². The van der Waals surface area contributed by atoms with Crippen LogP contribution in [0.25, 0.3) is 11.6 Å². The number of alkyl halides is 2. The Labute approximate surface area is 170 Å². The molecule has 2 saturated carbocycles. The SMILES string of the molecule is Cc1ccccc1C1(c2noc(-c3cc(C(F)F)nn3C3CC(C(=O)O)C3)n2)CC1. The summed E-state index contributed by atoms with van der Waals surface area (Å²) in [4.78, 5) is 15.7. The van der Waals surface area contributed by atoms with Crippen molar-refractivity contribution in [3.05, 3.63) is 53.0 Å². The van der Waals surface area contributed by atoms with Gasteiger partial charge in [-0.05, 0) is 49.8 Å². The van der Waals surface area contributed by atoms with Gasteiger partial charge in [0.2, 0.25) is 0 Å². The maximum absolute atomic E-state index is 13.3. The highest BCUT2D eigenvalue weighted by Gasteiger charge is 2.51. The lowest BCUT2D eigenvalue weighted by atomic mass is 9.80. The van der Waals surface area contributed by atoms with Crippen LogP contribution in [0.2, 0.25) is 0 Å². The number of carbonyl (C=O) groups is 1. The van der Waals surface area contributed by atoms with E-state index in [0.717, 1.165) is 24.0 Å². The van der Waals surface area contributed by atoms with E-state index in [4.69, 9.17) is 9.63 Å². The molecule has 2 aromatic heterocycles. The molecule has 0 aliphatic heterocycles. The Bertz CT molecular complexity index is 1110. The third kappa shape index (κ3) is 2.91. The lowest BCUT2D eigenvalue weighted by Crippen LogP contribution is -2.33. The number of carboxylic acids is 1. The number of aliphatic carboxylic acids is 1. The van der Waals surface area contributed by atoms with E-state index in [9.17, 15) is 13.6 Å². The monoisotopic (exact) mass is 414 g/mol. The number of rotatable bonds is 6. The Hall–Kier alpha value is -3.10. The molecule has 30 heavy (non-hydrogen) atoms. The van der Waals surface area contributed by atoms with Gasteiger partial charge in [0.25, 0.3) is 12.3 Å². The average Bonchev–Trinajstić information content (AvgIpc) is 3.11. The second-order valence-corrected chi connectivity index (χ2v) is 8.18. The van der Waals surface area contributed by atoms with Gasteiger partial charge in [0.05, 0.1) is 17.4 Å². The average molecular weight is 414 g/mol. The molecule has 1 N–H and O–H groups in total. The zero-order valence-electron chi connectivity index (χ0n) is 16.3. The summed E-state index contributed by atoms with van der Waals surface area (Å²) >= 11 is 0. The fourth-order valence-electron chi connectivity index (χ4n) is 4.32. The third-order valence-electron chi connectivity index (χ3n) is 6.27. The zero-order valence-corrected chi connectivity index (χ0v) is 16.3. The normalized spacial score (nSPS) is 22.1. The summed E-state index contributed by atoms with van der Waals surface area (Å²) in [5, 5.41) is 17.3. The molecule has 0 radical (unpaired) electrons. The van der Waals surface area contributed by atoms with Gasteiger partial charge in [-0.2, -0.15) is 10.1 Å². The van der Waals surface area contributed by atoms with Gasteiger partial charge in [0.1, 0.15) is 11.4 Å². The van der Waals surface area contributed by atoms with Crippen molar-refractivity contribution >= 4 is 5.97 Å². The molecule has 156 valence electrons. The van der Waals surface area contributed by atoms with Crippen LogP contribution in [0.1, 0.15) is 60.8 Å². The predicted octanol–water partition coefficient (Wildman–Crippen LogP) is 4.29. The number of aromatic nitrogens is 4. The Morgan fingerprint density at radius 3 is 2.67 bits per heavy atom. The van der Waals surface area contributed by atoms with Gasteiger partial charge in [0, 0.05) is 0 Å². The Balaban J connectivity index is 1.50. The van der Waals surface area contributed by atoms with Crippen molar-refractivity contribution in [2.24, 2.45) is 5.92 Å². The molecule has 2 fully saturated rings. The lowest BCUT2D eigenvalue weighted by molar-refractivity contribution is -0.146. The molecule has 0 bridgehead atoms. The van der Waals surface area contributed by atoms with Crippen molar-refractivity contribution in [2.75, 3.05) is 0 Å². The molecular formula is C21H20F2N4O3. The van der Waals surface area contributed by atoms with E-state index in [0.29, 0.717) is 24.4 Å². The van der Waals surface area contributed by atoms with E-state index < -0.39 is 18.3 Å². The van der Waals surface area contributed by atoms with Crippen molar-refractivity contribution in [1.29, 1.82) is 0 Å². The number of halogens is 2. The van der Waals surface area contributed by atoms with E-state index in [-0.39, 0.29) is 23.0 Å². The Kier molecular flexibility index (Phi) is 4.23. The van der Waals surface area contributed by atoms with Crippen LogP contribution < -0.4 is 0 Å². The summed E-state index contributed by atoms with van der Waals surface area (Å²) < 4.78 is 33.5. The molecule has 3 aromatic rings. The molecule has 0 atom stereocenters. The van der Waals surface area contributed by atoms with Crippen LogP contribution in [-0.2, 0) is 10.2 Å². The molecule has 0 spiro atoms. The fourth-order valence-corrected chi connectivity index (χ4v) is 4.32. The Morgan fingerprint density at radius 1 is 1.30 bits per heavy atom. The minimum absolute atomic E-state index is 0.128. The van der Waals surface area contributed by atoms with Crippen LogP contribution in [0.5, 0.6) is 0 Å². The molecule has 2 aliphatic carbocycles. The second-order valence-electron chi connectivity index (χ2n) is 8.18. The first-order valence-corrected chi connectivity index (χ1v) is 9.90. The van der Waals surface area contributed by atoms with Crippen molar-refractivity contribution in [3.8, 4) is 11.6 Å². The molecule has 2 heterocycles. The minimum Gasteiger partial charge on any atom is -0.481 e. The van der Waals surface area contributed by atoms with E-state index >= 15 is 0 Å². The lowest BCUT2D eigenvalue weighted by Gasteiger charge is -2.33. The molecular weight excluding hydrogens is 394 g/mol. The summed E-state index contributed by atoms with van der Waals surface area (Å²) in [6.45, 7) is 2.04. The molecule has 0 saturated heterocycles. The summed E-state index contributed by atoms with van der Waals surface area (Å²) in [5.74, 6) is -0.711.